The fourth-order valence-electron chi connectivity index (χ4n) is 1.83. The molecule has 4 heteroatoms. The number of carbonyl (C=O) groups is 1. The van der Waals surface area contributed by atoms with E-state index in [1.165, 1.54) is 0 Å². The topological polar surface area (TPSA) is 55.1 Å². The summed E-state index contributed by atoms with van der Waals surface area (Å²) < 4.78 is 0. The van der Waals surface area contributed by atoms with Crippen molar-refractivity contribution in [3.05, 3.63) is 0 Å². The van der Waals surface area contributed by atoms with Crippen molar-refractivity contribution in [2.24, 2.45) is 11.7 Å². The van der Waals surface area contributed by atoms with Gasteiger partial charge < -0.3 is 11.1 Å². The van der Waals surface area contributed by atoms with Crippen LogP contribution in [0.25, 0.3) is 0 Å². The molecule has 1 saturated carbocycles. The van der Waals surface area contributed by atoms with E-state index in [1.807, 2.05) is 0 Å². The SMILES string of the molecule is CC1CCCC(Cl)C1NC(=O)CN. The van der Waals surface area contributed by atoms with E-state index < -0.39 is 0 Å². The molecule has 1 aliphatic rings. The standard InChI is InChI=1S/C9H17ClN2O/c1-6-3-2-4-7(10)9(6)12-8(13)5-11/h6-7,9H,2-5,11H2,1H3,(H,12,13). The maximum absolute atomic E-state index is 11.1. The summed E-state index contributed by atoms with van der Waals surface area (Å²) in [5.41, 5.74) is 5.22. The van der Waals surface area contributed by atoms with Crippen molar-refractivity contribution < 1.29 is 4.79 Å². The molecular weight excluding hydrogens is 188 g/mol. The van der Waals surface area contributed by atoms with Gasteiger partial charge in [0.2, 0.25) is 5.91 Å². The molecule has 0 heterocycles. The minimum atomic E-state index is -0.107. The molecular formula is C9H17ClN2O. The summed E-state index contributed by atoms with van der Waals surface area (Å²) in [6.45, 7) is 2.17. The van der Waals surface area contributed by atoms with Crippen LogP contribution in [0.1, 0.15) is 26.2 Å². The van der Waals surface area contributed by atoms with Crippen molar-refractivity contribution in [3.63, 3.8) is 0 Å². The van der Waals surface area contributed by atoms with Crippen molar-refractivity contribution in [2.75, 3.05) is 6.54 Å². The van der Waals surface area contributed by atoms with E-state index in [0.717, 1.165) is 19.3 Å². The Morgan fingerprint density at radius 2 is 2.31 bits per heavy atom. The summed E-state index contributed by atoms with van der Waals surface area (Å²) in [7, 11) is 0. The molecule has 0 spiro atoms. The maximum Gasteiger partial charge on any atom is 0.234 e. The van der Waals surface area contributed by atoms with Gasteiger partial charge in [-0.2, -0.15) is 0 Å². The Balaban J connectivity index is 2.48. The lowest BCUT2D eigenvalue weighted by Crippen LogP contribution is -2.49. The van der Waals surface area contributed by atoms with Gasteiger partial charge in [0, 0.05) is 6.04 Å². The fourth-order valence-corrected chi connectivity index (χ4v) is 2.29. The first-order valence-electron chi connectivity index (χ1n) is 4.78. The van der Waals surface area contributed by atoms with Gasteiger partial charge >= 0.3 is 0 Å². The second kappa shape index (κ2) is 4.82. The highest BCUT2D eigenvalue weighted by molar-refractivity contribution is 6.21. The largest absolute Gasteiger partial charge is 0.351 e. The van der Waals surface area contributed by atoms with Gasteiger partial charge in [0.1, 0.15) is 0 Å². The van der Waals surface area contributed by atoms with E-state index in [0.29, 0.717) is 5.92 Å². The summed E-state index contributed by atoms with van der Waals surface area (Å²) in [4.78, 5) is 11.1. The van der Waals surface area contributed by atoms with Gasteiger partial charge in [0.25, 0.3) is 0 Å². The average Bonchev–Trinajstić information content (AvgIpc) is 2.11. The van der Waals surface area contributed by atoms with Crippen LogP contribution < -0.4 is 11.1 Å². The number of alkyl halides is 1. The Morgan fingerprint density at radius 3 is 2.85 bits per heavy atom. The molecule has 1 aliphatic carbocycles. The van der Waals surface area contributed by atoms with E-state index in [4.69, 9.17) is 17.3 Å². The van der Waals surface area contributed by atoms with E-state index in [1.54, 1.807) is 0 Å². The van der Waals surface area contributed by atoms with E-state index >= 15 is 0 Å². The number of halogens is 1. The van der Waals surface area contributed by atoms with Crippen molar-refractivity contribution in [2.45, 2.75) is 37.6 Å². The van der Waals surface area contributed by atoms with Gasteiger partial charge in [-0.25, -0.2) is 0 Å². The van der Waals surface area contributed by atoms with Gasteiger partial charge in [-0.1, -0.05) is 13.3 Å². The summed E-state index contributed by atoms with van der Waals surface area (Å²) in [6.07, 6.45) is 3.28. The molecule has 3 unspecified atom stereocenters. The predicted molar refractivity (Wildman–Crippen MR) is 53.6 cm³/mol. The molecule has 1 rings (SSSR count). The van der Waals surface area contributed by atoms with Crippen LogP contribution in [0.2, 0.25) is 0 Å². The van der Waals surface area contributed by atoms with E-state index in [-0.39, 0.29) is 23.9 Å². The van der Waals surface area contributed by atoms with Crippen LogP contribution in [-0.2, 0) is 4.79 Å². The lowest BCUT2D eigenvalue weighted by molar-refractivity contribution is -0.120. The van der Waals surface area contributed by atoms with Gasteiger partial charge in [0.05, 0.1) is 11.9 Å². The Kier molecular flexibility index (Phi) is 4.00. The van der Waals surface area contributed by atoms with Crippen LogP contribution in [0, 0.1) is 5.92 Å². The first-order valence-corrected chi connectivity index (χ1v) is 5.22. The van der Waals surface area contributed by atoms with Crippen LogP contribution in [0.3, 0.4) is 0 Å². The maximum atomic E-state index is 11.1. The molecule has 1 fully saturated rings. The molecule has 76 valence electrons. The molecule has 0 saturated heterocycles. The van der Waals surface area contributed by atoms with E-state index in [9.17, 15) is 4.79 Å². The zero-order chi connectivity index (χ0) is 9.84. The first kappa shape index (κ1) is 10.8. The Hall–Kier alpha value is -0.280. The van der Waals surface area contributed by atoms with E-state index in [2.05, 4.69) is 12.2 Å². The quantitative estimate of drug-likeness (QED) is 0.656. The van der Waals surface area contributed by atoms with Gasteiger partial charge in [-0.15, -0.1) is 11.6 Å². The minimum Gasteiger partial charge on any atom is -0.351 e. The molecule has 0 aromatic heterocycles. The molecule has 13 heavy (non-hydrogen) atoms. The molecule has 3 N–H and O–H groups in total. The van der Waals surface area contributed by atoms with Crippen LogP contribution >= 0.6 is 11.6 Å². The lowest BCUT2D eigenvalue weighted by Gasteiger charge is -2.33. The molecule has 3 nitrogen and oxygen atoms in total. The molecule has 0 bridgehead atoms. The van der Waals surface area contributed by atoms with Crippen molar-refractivity contribution >= 4 is 17.5 Å². The number of hydrogen-bond donors (Lipinski definition) is 2. The highest BCUT2D eigenvalue weighted by Crippen LogP contribution is 2.27. The van der Waals surface area contributed by atoms with Crippen LogP contribution in [0.15, 0.2) is 0 Å². The normalized spacial score (nSPS) is 34.2. The van der Waals surface area contributed by atoms with Crippen LogP contribution in [0.4, 0.5) is 0 Å². The second-order valence-corrected chi connectivity index (χ2v) is 4.28. The van der Waals surface area contributed by atoms with Crippen LogP contribution in [0.5, 0.6) is 0 Å². The third-order valence-corrected chi connectivity index (χ3v) is 3.14. The molecule has 0 aromatic rings. The third-order valence-electron chi connectivity index (χ3n) is 2.66. The number of nitrogens with one attached hydrogen (secondary N) is 1. The first-order chi connectivity index (χ1) is 6.15. The predicted octanol–water partition coefficient (Wildman–Crippen LogP) is 0.857. The smallest absolute Gasteiger partial charge is 0.234 e. The van der Waals surface area contributed by atoms with Gasteiger partial charge in [-0.3, -0.25) is 4.79 Å². The van der Waals surface area contributed by atoms with Crippen LogP contribution in [-0.4, -0.2) is 23.9 Å². The monoisotopic (exact) mass is 204 g/mol. The fraction of sp³-hybridized carbons (Fsp3) is 0.889. The summed E-state index contributed by atoms with van der Waals surface area (Å²) in [6, 6.07) is 0.103. The Morgan fingerprint density at radius 1 is 1.62 bits per heavy atom. The lowest BCUT2D eigenvalue weighted by atomic mass is 9.85. The molecule has 1 amide bonds. The number of amides is 1. The number of rotatable bonds is 2. The Bertz CT molecular complexity index is 176. The zero-order valence-corrected chi connectivity index (χ0v) is 8.68. The number of nitrogens with two attached hydrogens (primary N) is 1. The molecule has 0 aromatic carbocycles. The summed E-state index contributed by atoms with van der Waals surface area (Å²) in [5.74, 6) is 0.358. The van der Waals surface area contributed by atoms with Crippen molar-refractivity contribution in [1.29, 1.82) is 0 Å². The minimum absolute atomic E-state index is 0.0484. The highest BCUT2D eigenvalue weighted by Gasteiger charge is 2.29. The Labute approximate surface area is 84.0 Å². The summed E-state index contributed by atoms with van der Waals surface area (Å²) >= 11 is 6.12. The number of carbonyl (C=O) groups excluding carboxylic acids is 1. The summed E-state index contributed by atoms with van der Waals surface area (Å²) in [5, 5.41) is 2.94. The van der Waals surface area contributed by atoms with Crippen molar-refractivity contribution in [1.82, 2.24) is 5.32 Å². The molecule has 0 aliphatic heterocycles. The molecule has 3 atom stereocenters. The zero-order valence-electron chi connectivity index (χ0n) is 7.92. The average molecular weight is 205 g/mol. The number of hydrogen-bond acceptors (Lipinski definition) is 2. The van der Waals surface area contributed by atoms with Gasteiger partial charge in [0.15, 0.2) is 0 Å². The third kappa shape index (κ3) is 2.85. The van der Waals surface area contributed by atoms with Gasteiger partial charge in [-0.05, 0) is 18.8 Å². The second-order valence-electron chi connectivity index (χ2n) is 3.72. The molecule has 0 radical (unpaired) electrons. The van der Waals surface area contributed by atoms with Crippen molar-refractivity contribution in [3.8, 4) is 0 Å². The highest BCUT2D eigenvalue weighted by atomic mass is 35.5.